The Bertz CT molecular complexity index is 668. The summed E-state index contributed by atoms with van der Waals surface area (Å²) in [5, 5.41) is -0.148. The van der Waals surface area contributed by atoms with Crippen molar-refractivity contribution in [1.82, 2.24) is 9.55 Å². The molecule has 0 radical (unpaired) electrons. The van der Waals surface area contributed by atoms with Gasteiger partial charge in [0.05, 0.1) is 5.56 Å². The zero-order valence-corrected chi connectivity index (χ0v) is 12.5. The minimum absolute atomic E-state index is 0.148. The van der Waals surface area contributed by atoms with E-state index in [0.717, 1.165) is 17.2 Å². The molecule has 108 valence electrons. The van der Waals surface area contributed by atoms with Crippen molar-refractivity contribution < 1.29 is 8.42 Å². The third kappa shape index (κ3) is 3.34. The van der Waals surface area contributed by atoms with E-state index >= 15 is 0 Å². The van der Waals surface area contributed by atoms with Gasteiger partial charge in [0.15, 0.2) is 9.84 Å². The highest BCUT2D eigenvalue weighted by molar-refractivity contribution is 7.90. The Morgan fingerprint density at radius 3 is 2.26 bits per heavy atom. The second-order valence-corrected chi connectivity index (χ2v) is 6.84. The van der Waals surface area contributed by atoms with Gasteiger partial charge in [-0.15, -0.1) is 0 Å². The van der Waals surface area contributed by atoms with Crippen LogP contribution >= 0.6 is 0 Å². The molecule has 0 amide bonds. The summed E-state index contributed by atoms with van der Waals surface area (Å²) in [7, 11) is -3.64. The van der Waals surface area contributed by atoms with Gasteiger partial charge >= 0.3 is 5.69 Å². The Morgan fingerprint density at radius 2 is 1.84 bits per heavy atom. The predicted octanol–water partition coefficient (Wildman–Crippen LogP) is 0.864. The third-order valence-corrected chi connectivity index (χ3v) is 3.99. The normalized spacial score (nSPS) is 12.1. The average Bonchev–Trinajstić information content (AvgIpc) is 2.25. The molecule has 19 heavy (non-hydrogen) atoms. The van der Waals surface area contributed by atoms with Crippen LogP contribution in [0, 0.1) is 0 Å². The molecule has 0 spiro atoms. The summed E-state index contributed by atoms with van der Waals surface area (Å²) in [5.74, 6) is -0.276. The summed E-state index contributed by atoms with van der Waals surface area (Å²) in [6.07, 6.45) is 2.52. The Hall–Kier alpha value is -1.37. The number of hydrogen-bond acceptors (Lipinski definition) is 4. The van der Waals surface area contributed by atoms with Crippen LogP contribution in [0.1, 0.15) is 45.1 Å². The van der Waals surface area contributed by atoms with E-state index < -0.39 is 21.1 Å². The van der Waals surface area contributed by atoms with Crippen molar-refractivity contribution in [3.05, 3.63) is 26.4 Å². The van der Waals surface area contributed by atoms with Crippen molar-refractivity contribution in [2.24, 2.45) is 0 Å². The van der Waals surface area contributed by atoms with E-state index in [1.165, 1.54) is 0 Å². The molecule has 0 aliphatic rings. The second-order valence-electron chi connectivity index (χ2n) is 4.91. The Morgan fingerprint density at radius 1 is 1.26 bits per heavy atom. The molecule has 0 saturated carbocycles. The number of aromatic nitrogens is 2. The molecule has 0 saturated heterocycles. The largest absolute Gasteiger partial charge is 0.329 e. The van der Waals surface area contributed by atoms with Crippen LogP contribution < -0.4 is 11.2 Å². The van der Waals surface area contributed by atoms with Crippen LogP contribution in [0.3, 0.4) is 0 Å². The average molecular weight is 288 g/mol. The van der Waals surface area contributed by atoms with Gasteiger partial charge < -0.3 is 0 Å². The number of H-pyrrole nitrogens is 1. The Balaban J connectivity index is 3.77. The summed E-state index contributed by atoms with van der Waals surface area (Å²) in [5.41, 5.74) is -1.13. The molecule has 1 aromatic rings. The van der Waals surface area contributed by atoms with E-state index in [0.29, 0.717) is 6.42 Å². The van der Waals surface area contributed by atoms with Crippen molar-refractivity contribution in [1.29, 1.82) is 0 Å². The molecule has 0 bridgehead atoms. The molecular weight excluding hydrogens is 268 g/mol. The summed E-state index contributed by atoms with van der Waals surface area (Å²) < 4.78 is 25.0. The van der Waals surface area contributed by atoms with Crippen molar-refractivity contribution in [2.75, 3.05) is 6.26 Å². The first-order valence-electron chi connectivity index (χ1n) is 6.27. The quantitative estimate of drug-likeness (QED) is 0.814. The second kappa shape index (κ2) is 5.73. The standard InChI is InChI=1S/C12H20N2O4S/c1-5-6-7-14-11(19(4,17)18)9(8(2)3)10(15)13-12(14)16/h8H,5-7H2,1-4H3,(H,13,15,16). The Kier molecular flexibility index (Phi) is 4.73. The molecule has 0 aromatic carbocycles. The topological polar surface area (TPSA) is 89.0 Å². The third-order valence-electron chi connectivity index (χ3n) is 2.85. The summed E-state index contributed by atoms with van der Waals surface area (Å²) in [6, 6.07) is 0. The minimum Gasteiger partial charge on any atom is -0.284 e. The van der Waals surface area contributed by atoms with E-state index in [1.54, 1.807) is 13.8 Å². The van der Waals surface area contributed by atoms with Gasteiger partial charge in [-0.25, -0.2) is 13.2 Å². The molecule has 0 aliphatic heterocycles. The Labute approximate surface area is 112 Å². The lowest BCUT2D eigenvalue weighted by Crippen LogP contribution is -2.37. The first-order chi connectivity index (χ1) is 8.70. The van der Waals surface area contributed by atoms with Crippen molar-refractivity contribution in [2.45, 2.75) is 51.1 Å². The number of nitrogens with zero attached hydrogens (tertiary/aromatic N) is 1. The van der Waals surface area contributed by atoms with Crippen LogP contribution in [0.4, 0.5) is 0 Å². The molecule has 1 aromatic heterocycles. The first kappa shape index (κ1) is 15.7. The van der Waals surface area contributed by atoms with Gasteiger partial charge in [0, 0.05) is 12.8 Å². The lowest BCUT2D eigenvalue weighted by molar-refractivity contribution is 0.516. The van der Waals surface area contributed by atoms with Crippen LogP contribution in [0.25, 0.3) is 0 Å². The molecular formula is C12H20N2O4S. The summed E-state index contributed by atoms with van der Waals surface area (Å²) >= 11 is 0. The van der Waals surface area contributed by atoms with Crippen LogP contribution in [-0.2, 0) is 16.4 Å². The number of unbranched alkanes of at least 4 members (excludes halogenated alkanes) is 1. The van der Waals surface area contributed by atoms with E-state index in [9.17, 15) is 18.0 Å². The molecule has 6 nitrogen and oxygen atoms in total. The maximum absolute atomic E-state index is 11.9. The SMILES string of the molecule is CCCCn1c(S(C)(=O)=O)c(C(C)C)c(=O)[nH]c1=O. The predicted molar refractivity (Wildman–Crippen MR) is 73.4 cm³/mol. The minimum atomic E-state index is -3.64. The number of sulfone groups is 1. The van der Waals surface area contributed by atoms with E-state index in [2.05, 4.69) is 4.98 Å². The molecule has 7 heteroatoms. The van der Waals surface area contributed by atoms with Crippen molar-refractivity contribution in [3.63, 3.8) is 0 Å². The molecule has 0 unspecified atom stereocenters. The summed E-state index contributed by atoms with van der Waals surface area (Å²) in [4.78, 5) is 25.9. The maximum atomic E-state index is 11.9. The number of hydrogen-bond donors (Lipinski definition) is 1. The highest BCUT2D eigenvalue weighted by Gasteiger charge is 2.24. The van der Waals surface area contributed by atoms with Gasteiger partial charge in [-0.05, 0) is 12.3 Å². The lowest BCUT2D eigenvalue weighted by atomic mass is 10.1. The maximum Gasteiger partial charge on any atom is 0.329 e. The van der Waals surface area contributed by atoms with Crippen molar-refractivity contribution in [3.8, 4) is 0 Å². The fraction of sp³-hybridized carbons (Fsp3) is 0.667. The van der Waals surface area contributed by atoms with Crippen LogP contribution in [0.15, 0.2) is 14.6 Å². The summed E-state index contributed by atoms with van der Waals surface area (Å²) in [6.45, 7) is 5.69. The van der Waals surface area contributed by atoms with Gasteiger partial charge in [0.2, 0.25) is 0 Å². The van der Waals surface area contributed by atoms with Gasteiger partial charge in [-0.1, -0.05) is 27.2 Å². The molecule has 0 aliphatic carbocycles. The van der Waals surface area contributed by atoms with E-state index in [-0.39, 0.29) is 23.1 Å². The van der Waals surface area contributed by atoms with Crippen LogP contribution in [0.5, 0.6) is 0 Å². The van der Waals surface area contributed by atoms with Crippen molar-refractivity contribution >= 4 is 9.84 Å². The smallest absolute Gasteiger partial charge is 0.284 e. The van der Waals surface area contributed by atoms with Crippen LogP contribution in [-0.4, -0.2) is 24.2 Å². The number of rotatable bonds is 5. The fourth-order valence-electron chi connectivity index (χ4n) is 2.00. The van der Waals surface area contributed by atoms with Gasteiger partial charge in [-0.2, -0.15) is 0 Å². The number of aromatic amines is 1. The number of nitrogens with one attached hydrogen (secondary N) is 1. The van der Waals surface area contributed by atoms with E-state index in [4.69, 9.17) is 0 Å². The van der Waals surface area contributed by atoms with Gasteiger partial charge in [0.25, 0.3) is 5.56 Å². The first-order valence-corrected chi connectivity index (χ1v) is 8.16. The lowest BCUT2D eigenvalue weighted by Gasteiger charge is -2.16. The molecule has 1 N–H and O–H groups in total. The van der Waals surface area contributed by atoms with Gasteiger partial charge in [0.1, 0.15) is 5.03 Å². The fourth-order valence-corrected chi connectivity index (χ4v) is 3.30. The molecule has 0 atom stereocenters. The molecule has 0 fully saturated rings. The van der Waals surface area contributed by atoms with E-state index in [1.807, 2.05) is 6.92 Å². The monoisotopic (exact) mass is 288 g/mol. The van der Waals surface area contributed by atoms with Crippen LogP contribution in [0.2, 0.25) is 0 Å². The molecule has 1 rings (SSSR count). The highest BCUT2D eigenvalue weighted by atomic mass is 32.2. The zero-order chi connectivity index (χ0) is 14.8. The molecule has 1 heterocycles. The van der Waals surface area contributed by atoms with Gasteiger partial charge in [-0.3, -0.25) is 14.3 Å². The zero-order valence-electron chi connectivity index (χ0n) is 11.7. The highest BCUT2D eigenvalue weighted by Crippen LogP contribution is 2.19.